The van der Waals surface area contributed by atoms with Crippen molar-refractivity contribution >= 4 is 35.2 Å². The van der Waals surface area contributed by atoms with Crippen LogP contribution in [0.5, 0.6) is 0 Å². The van der Waals surface area contributed by atoms with Crippen LogP contribution in [0.3, 0.4) is 0 Å². The number of hydrogen-bond donors (Lipinski definition) is 0. The maximum Gasteiger partial charge on any atom is 0.246 e. The number of rotatable bonds is 6. The molecule has 33 heavy (non-hydrogen) atoms. The highest BCUT2D eigenvalue weighted by Gasteiger charge is 2.22. The van der Waals surface area contributed by atoms with Crippen LogP contribution >= 0.6 is 23.2 Å². The molecule has 1 aromatic carbocycles. The number of nitrogens with zero attached hydrogens (tertiary/aromatic N) is 5. The Hall–Kier alpha value is -2.61. The third-order valence-electron chi connectivity index (χ3n) is 5.99. The van der Waals surface area contributed by atoms with E-state index in [-0.39, 0.29) is 5.91 Å². The van der Waals surface area contributed by atoms with Crippen molar-refractivity contribution in [2.75, 3.05) is 26.2 Å². The lowest BCUT2D eigenvalue weighted by Crippen LogP contribution is -2.47. The first-order valence-electron chi connectivity index (χ1n) is 10.9. The Kier molecular flexibility index (Phi) is 7.22. The summed E-state index contributed by atoms with van der Waals surface area (Å²) in [5.41, 5.74) is 4.65. The molecule has 0 unspecified atom stereocenters. The molecule has 0 N–H and O–H groups in total. The number of aromatic nitrogens is 3. The molecular formula is C24H27Cl2N5O2. The fraction of sp³-hybridized carbons (Fsp3) is 0.375. The predicted molar refractivity (Wildman–Crippen MR) is 129 cm³/mol. The second-order valence-corrected chi connectivity index (χ2v) is 9.11. The number of hydrogen-bond acceptors (Lipinski definition) is 5. The van der Waals surface area contributed by atoms with Crippen molar-refractivity contribution in [3.8, 4) is 0 Å². The summed E-state index contributed by atoms with van der Waals surface area (Å²) in [5.74, 6) is 0.839. The van der Waals surface area contributed by atoms with Gasteiger partial charge in [0.25, 0.3) is 0 Å². The van der Waals surface area contributed by atoms with Crippen LogP contribution in [0.2, 0.25) is 10.2 Å². The maximum absolute atomic E-state index is 12.8. The smallest absolute Gasteiger partial charge is 0.246 e. The average molecular weight is 488 g/mol. The van der Waals surface area contributed by atoms with Crippen molar-refractivity contribution in [2.24, 2.45) is 0 Å². The quantitative estimate of drug-likeness (QED) is 0.478. The molecule has 0 bridgehead atoms. The zero-order valence-corrected chi connectivity index (χ0v) is 20.5. The highest BCUT2D eigenvalue weighted by molar-refractivity contribution is 6.31. The molecule has 2 aromatic heterocycles. The molecule has 174 valence electrons. The first-order chi connectivity index (χ1) is 15.8. The van der Waals surface area contributed by atoms with Gasteiger partial charge in [-0.05, 0) is 44.5 Å². The molecule has 4 rings (SSSR count). The summed E-state index contributed by atoms with van der Waals surface area (Å²) in [4.78, 5) is 17.0. The van der Waals surface area contributed by atoms with Crippen molar-refractivity contribution in [2.45, 2.75) is 33.9 Å². The van der Waals surface area contributed by atoms with Crippen LogP contribution < -0.4 is 0 Å². The van der Waals surface area contributed by atoms with Crippen molar-refractivity contribution in [1.82, 2.24) is 24.7 Å². The molecule has 1 aliphatic rings. The topological polar surface area (TPSA) is 67.4 Å². The zero-order valence-electron chi connectivity index (χ0n) is 19.0. The van der Waals surface area contributed by atoms with E-state index in [4.69, 9.17) is 27.7 Å². The van der Waals surface area contributed by atoms with E-state index < -0.39 is 0 Å². The molecule has 1 fully saturated rings. The van der Waals surface area contributed by atoms with Crippen molar-refractivity contribution in [3.05, 3.63) is 74.4 Å². The van der Waals surface area contributed by atoms with Gasteiger partial charge in [-0.3, -0.25) is 9.69 Å². The highest BCUT2D eigenvalue weighted by atomic mass is 35.5. The number of piperazine rings is 1. The molecule has 0 radical (unpaired) electrons. The van der Waals surface area contributed by atoms with Crippen LogP contribution in [-0.2, 0) is 17.9 Å². The van der Waals surface area contributed by atoms with Crippen LogP contribution in [0.25, 0.3) is 6.08 Å². The van der Waals surface area contributed by atoms with Gasteiger partial charge in [-0.15, -0.1) is 0 Å². The molecule has 0 saturated carbocycles. The lowest BCUT2D eigenvalue weighted by Gasteiger charge is -2.34. The minimum Gasteiger partial charge on any atom is -0.361 e. The molecule has 1 aliphatic heterocycles. The van der Waals surface area contributed by atoms with Gasteiger partial charge in [-0.2, -0.15) is 5.10 Å². The van der Waals surface area contributed by atoms with Gasteiger partial charge in [-0.25, -0.2) is 4.68 Å². The van der Waals surface area contributed by atoms with Crippen LogP contribution in [0.1, 0.15) is 33.8 Å². The molecule has 1 saturated heterocycles. The SMILES string of the molecule is Cc1nn(Cc2ccc(Cl)cc2)c(Cl)c1C=CC(=O)N1CCN(Cc2c(C)noc2C)CC1. The van der Waals surface area contributed by atoms with Gasteiger partial charge in [0.05, 0.1) is 17.9 Å². The molecule has 0 spiro atoms. The van der Waals surface area contributed by atoms with Gasteiger partial charge in [0.15, 0.2) is 0 Å². The van der Waals surface area contributed by atoms with Crippen molar-refractivity contribution in [1.29, 1.82) is 0 Å². The lowest BCUT2D eigenvalue weighted by atomic mass is 10.1. The minimum atomic E-state index is -0.0205. The molecule has 0 atom stereocenters. The monoisotopic (exact) mass is 487 g/mol. The summed E-state index contributed by atoms with van der Waals surface area (Å²) >= 11 is 12.5. The standard InChI is InChI=1S/C24H27Cl2N5O2/c1-16-21(24(26)31(27-16)14-19-4-6-20(25)7-5-19)8-9-23(32)30-12-10-29(11-13-30)15-22-17(2)28-33-18(22)3/h4-9H,10-15H2,1-3H3. The minimum absolute atomic E-state index is 0.0205. The van der Waals surface area contributed by atoms with Crippen molar-refractivity contribution in [3.63, 3.8) is 0 Å². The number of benzene rings is 1. The molecule has 1 amide bonds. The van der Waals surface area contributed by atoms with E-state index in [9.17, 15) is 4.79 Å². The van der Waals surface area contributed by atoms with Gasteiger partial charge in [-0.1, -0.05) is 40.5 Å². The van der Waals surface area contributed by atoms with Crippen LogP contribution in [0, 0.1) is 20.8 Å². The third-order valence-corrected chi connectivity index (χ3v) is 6.65. The summed E-state index contributed by atoms with van der Waals surface area (Å²) in [5, 5.41) is 9.75. The Morgan fingerprint density at radius 2 is 1.73 bits per heavy atom. The Labute approximate surface area is 203 Å². The van der Waals surface area contributed by atoms with E-state index in [1.54, 1.807) is 16.8 Å². The Morgan fingerprint density at radius 1 is 1.03 bits per heavy atom. The molecular weight excluding hydrogens is 461 g/mol. The molecule has 3 heterocycles. The average Bonchev–Trinajstić information content (AvgIpc) is 3.26. The van der Waals surface area contributed by atoms with Gasteiger partial charge < -0.3 is 9.42 Å². The molecule has 7 nitrogen and oxygen atoms in total. The maximum atomic E-state index is 12.8. The van der Waals surface area contributed by atoms with Gasteiger partial charge in [0.2, 0.25) is 5.91 Å². The molecule has 0 aliphatic carbocycles. The fourth-order valence-corrected chi connectivity index (χ4v) is 4.38. The summed E-state index contributed by atoms with van der Waals surface area (Å²) < 4.78 is 6.99. The van der Waals surface area contributed by atoms with Gasteiger partial charge >= 0.3 is 0 Å². The number of carbonyl (C=O) groups excluding carboxylic acids is 1. The van der Waals surface area contributed by atoms with Crippen LogP contribution in [-0.4, -0.2) is 56.8 Å². The van der Waals surface area contributed by atoms with E-state index in [1.165, 1.54) is 0 Å². The first kappa shape index (κ1) is 23.5. The van der Waals surface area contributed by atoms with Gasteiger partial charge in [0, 0.05) is 54.9 Å². The summed E-state index contributed by atoms with van der Waals surface area (Å²) in [6.07, 6.45) is 3.36. The third kappa shape index (κ3) is 5.49. The normalized spacial score (nSPS) is 15.0. The first-order valence-corrected chi connectivity index (χ1v) is 11.7. The summed E-state index contributed by atoms with van der Waals surface area (Å²) in [7, 11) is 0. The van der Waals surface area contributed by atoms with E-state index in [0.29, 0.717) is 29.8 Å². The Bertz CT molecular complexity index is 1140. The second-order valence-electron chi connectivity index (χ2n) is 8.31. The fourth-order valence-electron chi connectivity index (χ4n) is 3.96. The summed E-state index contributed by atoms with van der Waals surface area (Å²) in [6.45, 7) is 10.1. The predicted octanol–water partition coefficient (Wildman–Crippen LogP) is 4.51. The van der Waals surface area contributed by atoms with Crippen LogP contribution in [0.4, 0.5) is 0 Å². The number of carbonyl (C=O) groups is 1. The van der Waals surface area contributed by atoms with E-state index in [2.05, 4.69) is 15.2 Å². The van der Waals surface area contributed by atoms with Crippen LogP contribution in [0.15, 0.2) is 34.9 Å². The number of aryl methyl sites for hydroxylation is 3. The largest absolute Gasteiger partial charge is 0.361 e. The molecule has 9 heteroatoms. The number of amides is 1. The van der Waals surface area contributed by atoms with Gasteiger partial charge in [0.1, 0.15) is 10.9 Å². The van der Waals surface area contributed by atoms with E-state index in [0.717, 1.165) is 53.5 Å². The molecule has 3 aromatic rings. The second kappa shape index (κ2) is 10.1. The Balaban J connectivity index is 1.35. The summed E-state index contributed by atoms with van der Waals surface area (Å²) in [6, 6.07) is 7.57. The zero-order chi connectivity index (χ0) is 23.5. The highest BCUT2D eigenvalue weighted by Crippen LogP contribution is 2.23. The van der Waals surface area contributed by atoms with Crippen molar-refractivity contribution < 1.29 is 9.32 Å². The number of halogens is 2. The van der Waals surface area contributed by atoms with E-state index >= 15 is 0 Å². The Morgan fingerprint density at radius 3 is 2.36 bits per heavy atom. The lowest BCUT2D eigenvalue weighted by molar-refractivity contribution is -0.127. The van der Waals surface area contributed by atoms with E-state index in [1.807, 2.05) is 49.9 Å².